The molecule has 1 aliphatic heterocycles. The lowest BCUT2D eigenvalue weighted by Gasteiger charge is -2.22. The molecule has 3 rings (SSSR count). The molecule has 21 heavy (non-hydrogen) atoms. The Labute approximate surface area is 123 Å². The normalized spacial score (nSPS) is 12.6. The zero-order valence-corrected chi connectivity index (χ0v) is 11.7. The van der Waals surface area contributed by atoms with Crippen LogP contribution in [-0.4, -0.2) is 25.2 Å². The highest BCUT2D eigenvalue weighted by molar-refractivity contribution is 5.55. The molecule has 0 fully saturated rings. The van der Waals surface area contributed by atoms with Crippen molar-refractivity contribution in [2.45, 2.75) is 6.54 Å². The summed E-state index contributed by atoms with van der Waals surface area (Å²) in [6.45, 7) is 1.83. The van der Waals surface area contributed by atoms with E-state index in [-0.39, 0.29) is 0 Å². The second-order valence-electron chi connectivity index (χ2n) is 4.82. The van der Waals surface area contributed by atoms with E-state index in [4.69, 9.17) is 14.7 Å². The SMILES string of the molecule is CN(Cc1ccc2c(c1)OCCO2)c1cccnc1C#N. The molecule has 5 heteroatoms. The van der Waals surface area contributed by atoms with Gasteiger partial charge in [0.15, 0.2) is 17.2 Å². The fourth-order valence-corrected chi connectivity index (χ4v) is 2.34. The van der Waals surface area contributed by atoms with Gasteiger partial charge in [0.2, 0.25) is 0 Å². The van der Waals surface area contributed by atoms with E-state index < -0.39 is 0 Å². The Balaban J connectivity index is 1.81. The molecule has 0 saturated heterocycles. The lowest BCUT2D eigenvalue weighted by Crippen LogP contribution is -2.19. The van der Waals surface area contributed by atoms with Crippen molar-refractivity contribution in [3.63, 3.8) is 0 Å². The van der Waals surface area contributed by atoms with Gasteiger partial charge in [-0.1, -0.05) is 6.07 Å². The minimum Gasteiger partial charge on any atom is -0.486 e. The molecule has 0 saturated carbocycles. The molecule has 2 aromatic rings. The molecular weight excluding hydrogens is 266 g/mol. The Morgan fingerprint density at radius 1 is 1.24 bits per heavy atom. The van der Waals surface area contributed by atoms with Crippen LogP contribution in [0.5, 0.6) is 11.5 Å². The van der Waals surface area contributed by atoms with Crippen LogP contribution in [0.15, 0.2) is 36.5 Å². The second-order valence-corrected chi connectivity index (χ2v) is 4.82. The molecule has 0 atom stereocenters. The summed E-state index contributed by atoms with van der Waals surface area (Å²) in [5.41, 5.74) is 2.34. The van der Waals surface area contributed by atoms with Gasteiger partial charge in [0.1, 0.15) is 19.3 Å². The lowest BCUT2D eigenvalue weighted by atomic mass is 10.1. The minimum atomic E-state index is 0.428. The molecule has 0 unspecified atom stereocenters. The van der Waals surface area contributed by atoms with Crippen molar-refractivity contribution in [1.29, 1.82) is 5.26 Å². The minimum absolute atomic E-state index is 0.428. The molecular formula is C16H15N3O2. The van der Waals surface area contributed by atoms with E-state index in [0.717, 1.165) is 22.7 Å². The van der Waals surface area contributed by atoms with Crippen molar-refractivity contribution in [2.24, 2.45) is 0 Å². The Bertz CT molecular complexity index is 694. The van der Waals surface area contributed by atoms with Crippen molar-refractivity contribution in [3.05, 3.63) is 47.8 Å². The summed E-state index contributed by atoms with van der Waals surface area (Å²) in [7, 11) is 1.94. The third-order valence-corrected chi connectivity index (χ3v) is 3.33. The van der Waals surface area contributed by atoms with Gasteiger partial charge in [-0.15, -0.1) is 0 Å². The summed E-state index contributed by atoms with van der Waals surface area (Å²) in [5.74, 6) is 1.56. The van der Waals surface area contributed by atoms with Gasteiger partial charge in [0.25, 0.3) is 0 Å². The van der Waals surface area contributed by atoms with Crippen LogP contribution in [0.4, 0.5) is 5.69 Å². The van der Waals surface area contributed by atoms with Crippen molar-refractivity contribution < 1.29 is 9.47 Å². The predicted octanol–water partition coefficient (Wildman–Crippen LogP) is 2.36. The first-order chi connectivity index (χ1) is 10.3. The number of anilines is 1. The van der Waals surface area contributed by atoms with E-state index in [1.807, 2.05) is 42.3 Å². The highest BCUT2D eigenvalue weighted by Crippen LogP contribution is 2.31. The Hall–Kier alpha value is -2.74. The van der Waals surface area contributed by atoms with Crippen LogP contribution in [-0.2, 0) is 6.54 Å². The third-order valence-electron chi connectivity index (χ3n) is 3.33. The van der Waals surface area contributed by atoms with Gasteiger partial charge in [-0.25, -0.2) is 4.98 Å². The van der Waals surface area contributed by atoms with Crippen molar-refractivity contribution in [2.75, 3.05) is 25.2 Å². The summed E-state index contributed by atoms with van der Waals surface area (Å²) in [6.07, 6.45) is 1.62. The van der Waals surface area contributed by atoms with Crippen LogP contribution < -0.4 is 14.4 Å². The number of rotatable bonds is 3. The molecule has 0 radical (unpaired) electrons. The Morgan fingerprint density at radius 2 is 2.05 bits per heavy atom. The number of pyridine rings is 1. The van der Waals surface area contributed by atoms with E-state index in [9.17, 15) is 0 Å². The zero-order chi connectivity index (χ0) is 14.7. The smallest absolute Gasteiger partial charge is 0.163 e. The molecule has 1 aliphatic rings. The first-order valence-electron chi connectivity index (χ1n) is 6.72. The number of fused-ring (bicyclic) bond motifs is 1. The molecule has 0 amide bonds. The number of nitrogens with zero attached hydrogens (tertiary/aromatic N) is 3. The fraction of sp³-hybridized carbons (Fsp3) is 0.250. The van der Waals surface area contributed by atoms with E-state index in [1.54, 1.807) is 6.20 Å². The summed E-state index contributed by atoms with van der Waals surface area (Å²) < 4.78 is 11.1. The van der Waals surface area contributed by atoms with E-state index in [0.29, 0.717) is 25.5 Å². The highest BCUT2D eigenvalue weighted by atomic mass is 16.6. The van der Waals surface area contributed by atoms with E-state index in [1.165, 1.54) is 0 Å². The summed E-state index contributed by atoms with van der Waals surface area (Å²) in [6, 6.07) is 11.7. The Kier molecular flexibility index (Phi) is 3.61. The number of hydrogen-bond acceptors (Lipinski definition) is 5. The average molecular weight is 281 g/mol. The summed E-state index contributed by atoms with van der Waals surface area (Å²) in [5, 5.41) is 9.12. The maximum absolute atomic E-state index is 9.12. The molecule has 5 nitrogen and oxygen atoms in total. The van der Waals surface area contributed by atoms with Gasteiger partial charge in [0, 0.05) is 19.8 Å². The quantitative estimate of drug-likeness (QED) is 0.864. The van der Waals surface area contributed by atoms with Crippen LogP contribution in [0.1, 0.15) is 11.3 Å². The van der Waals surface area contributed by atoms with Gasteiger partial charge < -0.3 is 14.4 Å². The van der Waals surface area contributed by atoms with Crippen LogP contribution in [0, 0.1) is 11.3 Å². The van der Waals surface area contributed by atoms with Crippen LogP contribution in [0.2, 0.25) is 0 Å². The molecule has 0 aliphatic carbocycles. The monoisotopic (exact) mass is 281 g/mol. The van der Waals surface area contributed by atoms with E-state index in [2.05, 4.69) is 11.1 Å². The van der Waals surface area contributed by atoms with Crippen molar-refractivity contribution >= 4 is 5.69 Å². The summed E-state index contributed by atoms with van der Waals surface area (Å²) in [4.78, 5) is 6.08. The molecule has 0 bridgehead atoms. The van der Waals surface area contributed by atoms with Crippen LogP contribution >= 0.6 is 0 Å². The molecule has 0 spiro atoms. The largest absolute Gasteiger partial charge is 0.486 e. The van der Waals surface area contributed by atoms with Crippen LogP contribution in [0.3, 0.4) is 0 Å². The molecule has 0 N–H and O–H groups in total. The number of benzene rings is 1. The zero-order valence-electron chi connectivity index (χ0n) is 11.7. The number of hydrogen-bond donors (Lipinski definition) is 0. The number of aromatic nitrogens is 1. The first kappa shape index (κ1) is 13.3. The van der Waals surface area contributed by atoms with Crippen molar-refractivity contribution in [1.82, 2.24) is 4.98 Å². The van der Waals surface area contributed by atoms with Gasteiger partial charge in [0.05, 0.1) is 5.69 Å². The van der Waals surface area contributed by atoms with Gasteiger partial charge in [-0.3, -0.25) is 0 Å². The second kappa shape index (κ2) is 5.71. The van der Waals surface area contributed by atoms with Crippen molar-refractivity contribution in [3.8, 4) is 17.6 Å². The predicted molar refractivity (Wildman–Crippen MR) is 78.5 cm³/mol. The third kappa shape index (κ3) is 2.75. The highest BCUT2D eigenvalue weighted by Gasteiger charge is 2.13. The topological polar surface area (TPSA) is 58.4 Å². The van der Waals surface area contributed by atoms with Gasteiger partial charge in [-0.2, -0.15) is 5.26 Å². The average Bonchev–Trinajstić information content (AvgIpc) is 2.54. The van der Waals surface area contributed by atoms with Gasteiger partial charge in [-0.05, 0) is 29.8 Å². The number of nitriles is 1. The summed E-state index contributed by atoms with van der Waals surface area (Å²) >= 11 is 0. The fourth-order valence-electron chi connectivity index (χ4n) is 2.34. The maximum atomic E-state index is 9.12. The lowest BCUT2D eigenvalue weighted by molar-refractivity contribution is 0.171. The first-order valence-corrected chi connectivity index (χ1v) is 6.72. The van der Waals surface area contributed by atoms with Gasteiger partial charge >= 0.3 is 0 Å². The maximum Gasteiger partial charge on any atom is 0.163 e. The Morgan fingerprint density at radius 3 is 2.86 bits per heavy atom. The molecule has 1 aromatic heterocycles. The molecule has 2 heterocycles. The molecule has 1 aromatic carbocycles. The van der Waals surface area contributed by atoms with E-state index >= 15 is 0 Å². The molecule has 106 valence electrons. The van der Waals surface area contributed by atoms with Crippen LogP contribution in [0.25, 0.3) is 0 Å². The standard InChI is InChI=1S/C16H15N3O2/c1-19(14-3-2-6-18-13(14)10-17)11-12-4-5-15-16(9-12)21-8-7-20-15/h2-6,9H,7-8,11H2,1H3. The number of ether oxygens (including phenoxy) is 2.